The highest BCUT2D eigenvalue weighted by Crippen LogP contribution is 2.32. The summed E-state index contributed by atoms with van der Waals surface area (Å²) in [5.41, 5.74) is 0. The molecule has 1 saturated carbocycles. The van der Waals surface area contributed by atoms with Crippen molar-refractivity contribution in [1.29, 1.82) is 0 Å². The zero-order valence-electron chi connectivity index (χ0n) is 12.5. The molecule has 0 aromatic heterocycles. The van der Waals surface area contributed by atoms with E-state index >= 15 is 0 Å². The van der Waals surface area contributed by atoms with E-state index in [2.05, 4.69) is 38.0 Å². The third-order valence-electron chi connectivity index (χ3n) is 3.58. The fraction of sp³-hybridized carbons (Fsp3) is 0.929. The molecule has 1 rings (SSSR count). The van der Waals surface area contributed by atoms with E-state index in [4.69, 9.17) is 4.74 Å². The predicted octanol–water partition coefficient (Wildman–Crippen LogP) is 1.46. The van der Waals surface area contributed by atoms with Crippen molar-refractivity contribution in [2.75, 3.05) is 41.3 Å². The highest BCUT2D eigenvalue weighted by molar-refractivity contribution is 5.66. The number of rotatable bonds is 5. The van der Waals surface area contributed by atoms with Crippen LogP contribution in [0.25, 0.3) is 0 Å². The Bertz CT molecular complexity index is 249. The summed E-state index contributed by atoms with van der Waals surface area (Å²) in [6.07, 6.45) is 3.66. The monoisotopic (exact) mass is 256 g/mol. The lowest BCUT2D eigenvalue weighted by molar-refractivity contribution is -0.156. The van der Waals surface area contributed by atoms with E-state index in [1.165, 1.54) is 26.2 Å². The molecular formula is C14H28N2O2. The Morgan fingerprint density at radius 2 is 1.50 bits per heavy atom. The first kappa shape index (κ1) is 15.4. The quantitative estimate of drug-likeness (QED) is 0.697. The zero-order chi connectivity index (χ0) is 13.7. The summed E-state index contributed by atoms with van der Waals surface area (Å²) in [6.45, 7) is 3.53. The molecule has 18 heavy (non-hydrogen) atoms. The molecule has 0 heterocycles. The number of nitrogens with zero attached hydrogens (tertiary/aromatic N) is 2. The SMILES string of the molecule is CC(=O)OC1C(CN(C)C)CCCC1CN(C)C. The lowest BCUT2D eigenvalue weighted by Crippen LogP contribution is -2.45. The minimum absolute atomic E-state index is 0.0843. The maximum atomic E-state index is 11.3. The second kappa shape index (κ2) is 7.10. The lowest BCUT2D eigenvalue weighted by Gasteiger charge is -2.39. The molecule has 2 unspecified atom stereocenters. The van der Waals surface area contributed by atoms with Crippen LogP contribution in [-0.2, 0) is 9.53 Å². The van der Waals surface area contributed by atoms with Crippen molar-refractivity contribution in [2.24, 2.45) is 11.8 Å². The Hall–Kier alpha value is -0.610. The third kappa shape index (κ3) is 4.94. The van der Waals surface area contributed by atoms with Crippen LogP contribution < -0.4 is 0 Å². The molecule has 4 heteroatoms. The van der Waals surface area contributed by atoms with Gasteiger partial charge < -0.3 is 14.5 Å². The minimum atomic E-state index is -0.144. The van der Waals surface area contributed by atoms with E-state index in [9.17, 15) is 4.79 Å². The van der Waals surface area contributed by atoms with Gasteiger partial charge in [0.05, 0.1) is 0 Å². The first-order valence-corrected chi connectivity index (χ1v) is 6.86. The van der Waals surface area contributed by atoms with E-state index in [1.54, 1.807) is 0 Å². The molecule has 106 valence electrons. The van der Waals surface area contributed by atoms with E-state index < -0.39 is 0 Å². The Labute approximate surface area is 111 Å². The van der Waals surface area contributed by atoms with Crippen molar-refractivity contribution < 1.29 is 9.53 Å². The van der Waals surface area contributed by atoms with Gasteiger partial charge in [-0.15, -0.1) is 0 Å². The lowest BCUT2D eigenvalue weighted by atomic mass is 9.78. The molecule has 1 aliphatic rings. The van der Waals surface area contributed by atoms with Crippen LogP contribution in [0.1, 0.15) is 26.2 Å². The van der Waals surface area contributed by atoms with Gasteiger partial charge in [0.15, 0.2) is 0 Å². The molecule has 1 fully saturated rings. The number of ether oxygens (including phenoxy) is 1. The summed E-state index contributed by atoms with van der Waals surface area (Å²) < 4.78 is 5.63. The second-order valence-corrected chi connectivity index (χ2v) is 6.05. The van der Waals surface area contributed by atoms with Crippen LogP contribution in [0.15, 0.2) is 0 Å². The molecular weight excluding hydrogens is 228 g/mol. The summed E-state index contributed by atoms with van der Waals surface area (Å²) >= 11 is 0. The minimum Gasteiger partial charge on any atom is -0.462 e. The maximum Gasteiger partial charge on any atom is 0.302 e. The fourth-order valence-corrected chi connectivity index (χ4v) is 3.07. The summed E-state index contributed by atoms with van der Waals surface area (Å²) in [5, 5.41) is 0. The molecule has 0 amide bonds. The number of hydrogen-bond acceptors (Lipinski definition) is 4. The molecule has 0 spiro atoms. The molecule has 1 aliphatic carbocycles. The van der Waals surface area contributed by atoms with Gasteiger partial charge in [-0.3, -0.25) is 4.79 Å². The molecule has 0 aliphatic heterocycles. The molecule has 0 aromatic carbocycles. The van der Waals surface area contributed by atoms with Gasteiger partial charge in [-0.25, -0.2) is 0 Å². The van der Waals surface area contributed by atoms with Crippen LogP contribution >= 0.6 is 0 Å². The average molecular weight is 256 g/mol. The normalized spacial score (nSPS) is 28.7. The third-order valence-corrected chi connectivity index (χ3v) is 3.58. The first-order chi connectivity index (χ1) is 8.40. The smallest absolute Gasteiger partial charge is 0.302 e. The highest BCUT2D eigenvalue weighted by Gasteiger charge is 2.35. The Kier molecular flexibility index (Phi) is 6.09. The van der Waals surface area contributed by atoms with Crippen molar-refractivity contribution >= 4 is 5.97 Å². The van der Waals surface area contributed by atoms with Crippen LogP contribution in [-0.4, -0.2) is 63.2 Å². The summed E-state index contributed by atoms with van der Waals surface area (Å²) in [6, 6.07) is 0. The first-order valence-electron chi connectivity index (χ1n) is 6.86. The number of hydrogen-bond donors (Lipinski definition) is 0. The van der Waals surface area contributed by atoms with E-state index in [1.807, 2.05) is 0 Å². The number of carbonyl (C=O) groups is 1. The van der Waals surface area contributed by atoms with Crippen molar-refractivity contribution in [2.45, 2.75) is 32.3 Å². The van der Waals surface area contributed by atoms with Crippen molar-refractivity contribution in [3.63, 3.8) is 0 Å². The van der Waals surface area contributed by atoms with E-state index in [0.717, 1.165) is 13.1 Å². The van der Waals surface area contributed by atoms with Gasteiger partial charge >= 0.3 is 5.97 Å². The highest BCUT2D eigenvalue weighted by atomic mass is 16.5. The summed E-state index contributed by atoms with van der Waals surface area (Å²) in [7, 11) is 8.33. The van der Waals surface area contributed by atoms with Crippen LogP contribution in [0.3, 0.4) is 0 Å². The Morgan fingerprint density at radius 3 is 1.83 bits per heavy atom. The molecule has 0 radical (unpaired) electrons. The van der Waals surface area contributed by atoms with Gasteiger partial charge in [0.2, 0.25) is 0 Å². The van der Waals surface area contributed by atoms with Crippen LogP contribution in [0.4, 0.5) is 0 Å². The van der Waals surface area contributed by atoms with Crippen LogP contribution in [0, 0.1) is 11.8 Å². The zero-order valence-corrected chi connectivity index (χ0v) is 12.5. The molecule has 4 nitrogen and oxygen atoms in total. The van der Waals surface area contributed by atoms with E-state index in [0.29, 0.717) is 11.8 Å². The van der Waals surface area contributed by atoms with Crippen LogP contribution in [0.2, 0.25) is 0 Å². The van der Waals surface area contributed by atoms with Gasteiger partial charge in [0.1, 0.15) is 6.10 Å². The van der Waals surface area contributed by atoms with Crippen molar-refractivity contribution in [3.05, 3.63) is 0 Å². The molecule has 0 N–H and O–H groups in total. The van der Waals surface area contributed by atoms with E-state index in [-0.39, 0.29) is 12.1 Å². The maximum absolute atomic E-state index is 11.3. The van der Waals surface area contributed by atoms with Crippen molar-refractivity contribution in [3.8, 4) is 0 Å². The Balaban J connectivity index is 2.72. The van der Waals surface area contributed by atoms with Gasteiger partial charge in [0.25, 0.3) is 0 Å². The standard InChI is InChI=1S/C14H28N2O2/c1-11(17)18-14-12(9-15(2)3)7-6-8-13(14)10-16(4)5/h12-14H,6-10H2,1-5H3. The number of esters is 1. The summed E-state index contributed by atoms with van der Waals surface area (Å²) in [5.74, 6) is 0.805. The molecule has 0 saturated heterocycles. The number of carbonyl (C=O) groups excluding carboxylic acids is 1. The van der Waals surface area contributed by atoms with Gasteiger partial charge in [-0.1, -0.05) is 6.42 Å². The molecule has 0 bridgehead atoms. The van der Waals surface area contributed by atoms with Crippen molar-refractivity contribution in [1.82, 2.24) is 9.80 Å². The molecule has 2 atom stereocenters. The second-order valence-electron chi connectivity index (χ2n) is 6.05. The average Bonchev–Trinajstić information content (AvgIpc) is 2.20. The van der Waals surface area contributed by atoms with Gasteiger partial charge in [-0.05, 0) is 41.0 Å². The largest absolute Gasteiger partial charge is 0.462 e. The molecule has 0 aromatic rings. The topological polar surface area (TPSA) is 32.8 Å². The Morgan fingerprint density at radius 1 is 1.06 bits per heavy atom. The fourth-order valence-electron chi connectivity index (χ4n) is 3.07. The van der Waals surface area contributed by atoms with Gasteiger partial charge in [0, 0.05) is 31.8 Å². The van der Waals surface area contributed by atoms with Gasteiger partial charge in [-0.2, -0.15) is 0 Å². The van der Waals surface area contributed by atoms with Crippen LogP contribution in [0.5, 0.6) is 0 Å². The predicted molar refractivity (Wildman–Crippen MR) is 73.5 cm³/mol. The summed E-state index contributed by atoms with van der Waals surface area (Å²) in [4.78, 5) is 15.7.